The van der Waals surface area contributed by atoms with Crippen molar-refractivity contribution in [3.63, 3.8) is 0 Å². The summed E-state index contributed by atoms with van der Waals surface area (Å²) in [6.07, 6.45) is 4.81. The van der Waals surface area contributed by atoms with Crippen molar-refractivity contribution >= 4 is 15.9 Å². The average Bonchev–Trinajstić information content (AvgIpc) is 3.26. The number of rotatable bonds is 10. The molecule has 0 atom stereocenters. The lowest BCUT2D eigenvalue weighted by molar-refractivity contribution is -0.120. The number of ether oxygens (including phenoxy) is 2. The number of methoxy groups -OCH3 is 2. The molecule has 2 N–H and O–H groups in total. The zero-order valence-electron chi connectivity index (χ0n) is 18.0. The van der Waals surface area contributed by atoms with Crippen LogP contribution in [0.25, 0.3) is 0 Å². The van der Waals surface area contributed by atoms with E-state index in [4.69, 9.17) is 9.47 Å². The van der Waals surface area contributed by atoms with E-state index in [0.717, 1.165) is 36.8 Å². The molecule has 0 aromatic heterocycles. The normalized spacial score (nSPS) is 14.4. The van der Waals surface area contributed by atoms with Gasteiger partial charge >= 0.3 is 0 Å². The molecule has 1 amide bonds. The van der Waals surface area contributed by atoms with Gasteiger partial charge in [-0.2, -0.15) is 0 Å². The number of benzene rings is 2. The van der Waals surface area contributed by atoms with Gasteiger partial charge in [-0.3, -0.25) is 4.79 Å². The molecule has 31 heavy (non-hydrogen) atoms. The van der Waals surface area contributed by atoms with Gasteiger partial charge in [-0.1, -0.05) is 31.0 Å². The zero-order chi connectivity index (χ0) is 22.3. The zero-order valence-corrected chi connectivity index (χ0v) is 18.8. The maximum absolute atomic E-state index is 12.5. The molecule has 168 valence electrons. The van der Waals surface area contributed by atoms with Crippen molar-refractivity contribution in [2.24, 2.45) is 0 Å². The van der Waals surface area contributed by atoms with Gasteiger partial charge in [0, 0.05) is 12.6 Å². The van der Waals surface area contributed by atoms with Crippen molar-refractivity contribution in [2.75, 3.05) is 20.8 Å². The van der Waals surface area contributed by atoms with Crippen LogP contribution in [0.3, 0.4) is 0 Å². The summed E-state index contributed by atoms with van der Waals surface area (Å²) in [5.41, 5.74) is 1.80. The van der Waals surface area contributed by atoms with Crippen molar-refractivity contribution < 1.29 is 22.7 Å². The van der Waals surface area contributed by atoms with Crippen LogP contribution >= 0.6 is 0 Å². The molecule has 0 bridgehead atoms. The molecule has 8 heteroatoms. The summed E-state index contributed by atoms with van der Waals surface area (Å²) >= 11 is 0. The molecular formula is C23H30N2O5S. The van der Waals surface area contributed by atoms with Crippen molar-refractivity contribution in [3.8, 4) is 11.5 Å². The molecule has 0 unspecified atom stereocenters. The molecule has 7 nitrogen and oxygen atoms in total. The van der Waals surface area contributed by atoms with Crippen LogP contribution in [-0.2, 0) is 27.7 Å². The van der Waals surface area contributed by atoms with Gasteiger partial charge in [0.15, 0.2) is 11.5 Å². The third kappa shape index (κ3) is 6.45. The maximum atomic E-state index is 12.5. The van der Waals surface area contributed by atoms with Crippen LogP contribution in [0.2, 0.25) is 0 Å². The van der Waals surface area contributed by atoms with Gasteiger partial charge in [0.1, 0.15) is 0 Å². The molecule has 1 fully saturated rings. The number of hydrogen-bond acceptors (Lipinski definition) is 5. The Morgan fingerprint density at radius 3 is 2.26 bits per heavy atom. The van der Waals surface area contributed by atoms with Gasteiger partial charge < -0.3 is 14.8 Å². The summed E-state index contributed by atoms with van der Waals surface area (Å²) in [5, 5.41) is 2.90. The van der Waals surface area contributed by atoms with Crippen LogP contribution in [0.15, 0.2) is 47.4 Å². The Morgan fingerprint density at radius 2 is 1.61 bits per heavy atom. The van der Waals surface area contributed by atoms with E-state index in [0.29, 0.717) is 24.5 Å². The van der Waals surface area contributed by atoms with Crippen LogP contribution < -0.4 is 19.5 Å². The Labute approximate surface area is 184 Å². The first-order chi connectivity index (χ1) is 14.9. The maximum Gasteiger partial charge on any atom is 0.240 e. The lowest BCUT2D eigenvalue weighted by atomic mass is 10.1. The molecule has 0 spiro atoms. The third-order valence-electron chi connectivity index (χ3n) is 5.46. The van der Waals surface area contributed by atoms with E-state index in [1.54, 1.807) is 50.6 Å². The molecule has 2 aromatic carbocycles. The minimum absolute atomic E-state index is 0.0468. The average molecular weight is 447 g/mol. The molecule has 0 aliphatic heterocycles. The number of nitrogens with one attached hydrogen (secondary N) is 2. The van der Waals surface area contributed by atoms with E-state index >= 15 is 0 Å². The molecule has 0 saturated heterocycles. The molecule has 0 radical (unpaired) electrons. The van der Waals surface area contributed by atoms with Crippen molar-refractivity contribution in [3.05, 3.63) is 53.6 Å². The first kappa shape index (κ1) is 23.1. The summed E-state index contributed by atoms with van der Waals surface area (Å²) in [5.74, 6) is 1.12. The summed E-state index contributed by atoms with van der Waals surface area (Å²) in [6, 6.07) is 12.3. The predicted molar refractivity (Wildman–Crippen MR) is 119 cm³/mol. The molecule has 0 heterocycles. The van der Waals surface area contributed by atoms with Gasteiger partial charge in [0.25, 0.3) is 0 Å². The first-order valence-electron chi connectivity index (χ1n) is 10.5. The van der Waals surface area contributed by atoms with Gasteiger partial charge in [0.2, 0.25) is 15.9 Å². The molecular weight excluding hydrogens is 416 g/mol. The molecule has 1 aliphatic rings. The molecule has 3 rings (SSSR count). The topological polar surface area (TPSA) is 93.7 Å². The standard InChI is InChI=1S/C23H30N2O5S/c1-29-21-12-9-18(15-22(21)30-2)16-23(26)24-14-13-17-7-10-20(11-8-17)31(27,28)25-19-5-3-4-6-19/h7-12,15,19,25H,3-6,13-14,16H2,1-2H3,(H,24,26). The lowest BCUT2D eigenvalue weighted by Crippen LogP contribution is -2.32. The second-order valence-corrected chi connectivity index (χ2v) is 9.43. The van der Waals surface area contributed by atoms with Crippen LogP contribution in [0.5, 0.6) is 11.5 Å². The Hall–Kier alpha value is -2.58. The Balaban J connectivity index is 1.47. The van der Waals surface area contributed by atoms with Gasteiger partial charge in [-0.15, -0.1) is 0 Å². The van der Waals surface area contributed by atoms with Gasteiger partial charge in [-0.25, -0.2) is 13.1 Å². The molecule has 1 saturated carbocycles. The van der Waals surface area contributed by atoms with Crippen molar-refractivity contribution in [2.45, 2.75) is 49.5 Å². The fourth-order valence-corrected chi connectivity index (χ4v) is 5.06. The van der Waals surface area contributed by atoms with E-state index in [1.807, 2.05) is 6.07 Å². The fraction of sp³-hybridized carbons (Fsp3) is 0.435. The monoisotopic (exact) mass is 446 g/mol. The number of sulfonamides is 1. The van der Waals surface area contributed by atoms with Crippen LogP contribution in [0, 0.1) is 0 Å². The highest BCUT2D eigenvalue weighted by molar-refractivity contribution is 7.89. The van der Waals surface area contributed by atoms with E-state index in [9.17, 15) is 13.2 Å². The minimum atomic E-state index is -3.48. The Kier molecular flexibility index (Phi) is 7.92. The number of carbonyl (C=O) groups excluding carboxylic acids is 1. The summed E-state index contributed by atoms with van der Waals surface area (Å²) in [7, 11) is -0.352. The van der Waals surface area contributed by atoms with E-state index < -0.39 is 10.0 Å². The highest BCUT2D eigenvalue weighted by atomic mass is 32.2. The third-order valence-corrected chi connectivity index (χ3v) is 7.00. The Bertz CT molecular complexity index is 984. The number of hydrogen-bond donors (Lipinski definition) is 2. The second kappa shape index (κ2) is 10.6. The van der Waals surface area contributed by atoms with E-state index in [1.165, 1.54) is 0 Å². The van der Waals surface area contributed by atoms with Gasteiger partial charge in [-0.05, 0) is 54.7 Å². The summed E-state index contributed by atoms with van der Waals surface area (Å²) in [4.78, 5) is 12.5. The quantitative estimate of drug-likeness (QED) is 0.585. The summed E-state index contributed by atoms with van der Waals surface area (Å²) in [6.45, 7) is 0.471. The largest absolute Gasteiger partial charge is 0.493 e. The van der Waals surface area contributed by atoms with Gasteiger partial charge in [0.05, 0.1) is 25.5 Å². The van der Waals surface area contributed by atoms with Crippen LogP contribution in [-0.4, -0.2) is 41.1 Å². The number of amides is 1. The molecule has 2 aromatic rings. The highest BCUT2D eigenvalue weighted by Gasteiger charge is 2.22. The SMILES string of the molecule is COc1ccc(CC(=O)NCCc2ccc(S(=O)(=O)NC3CCCC3)cc2)cc1OC. The lowest BCUT2D eigenvalue weighted by Gasteiger charge is -2.13. The fourth-order valence-electron chi connectivity index (χ4n) is 3.75. The van der Waals surface area contributed by atoms with Crippen LogP contribution in [0.4, 0.5) is 0 Å². The number of carbonyl (C=O) groups is 1. The van der Waals surface area contributed by atoms with Crippen molar-refractivity contribution in [1.29, 1.82) is 0 Å². The summed E-state index contributed by atoms with van der Waals surface area (Å²) < 4.78 is 38.2. The van der Waals surface area contributed by atoms with Crippen LogP contribution in [0.1, 0.15) is 36.8 Å². The van der Waals surface area contributed by atoms with E-state index in [-0.39, 0.29) is 23.3 Å². The predicted octanol–water partition coefficient (Wildman–Crippen LogP) is 2.83. The Morgan fingerprint density at radius 1 is 0.968 bits per heavy atom. The first-order valence-corrected chi connectivity index (χ1v) is 12.0. The van der Waals surface area contributed by atoms with Crippen molar-refractivity contribution in [1.82, 2.24) is 10.0 Å². The highest BCUT2D eigenvalue weighted by Crippen LogP contribution is 2.27. The second-order valence-electron chi connectivity index (χ2n) is 7.71. The smallest absolute Gasteiger partial charge is 0.240 e. The molecule has 1 aliphatic carbocycles. The van der Waals surface area contributed by atoms with E-state index in [2.05, 4.69) is 10.0 Å². The minimum Gasteiger partial charge on any atom is -0.493 e.